The van der Waals surface area contributed by atoms with Crippen LogP contribution in [-0.2, 0) is 30.7 Å². The third kappa shape index (κ3) is 8.60. The zero-order chi connectivity index (χ0) is 32.7. The van der Waals surface area contributed by atoms with E-state index in [1.165, 1.54) is 16.4 Å². The number of alkyl carbamates (subject to hydrolysis) is 1. The van der Waals surface area contributed by atoms with E-state index in [0.717, 1.165) is 12.0 Å². The Balaban J connectivity index is 1.32. The van der Waals surface area contributed by atoms with Crippen molar-refractivity contribution in [2.45, 2.75) is 69.0 Å². The summed E-state index contributed by atoms with van der Waals surface area (Å²) in [6, 6.07) is 10.8. The summed E-state index contributed by atoms with van der Waals surface area (Å²) in [6.45, 7) is 4.96. The number of sulfonamides is 1. The Kier molecular flexibility index (Phi) is 11.6. The van der Waals surface area contributed by atoms with Crippen molar-refractivity contribution in [3.05, 3.63) is 48.0 Å². The molecular weight excluding hydrogens is 620 g/mol. The predicted molar refractivity (Wildman–Crippen MR) is 165 cm³/mol. The Labute approximate surface area is 269 Å². The highest BCUT2D eigenvalue weighted by Crippen LogP contribution is 2.35. The first kappa shape index (κ1) is 34.2. The Hall–Kier alpha value is -3.14. The van der Waals surface area contributed by atoms with E-state index < -0.39 is 40.7 Å². The van der Waals surface area contributed by atoms with Crippen LogP contribution in [0.25, 0.3) is 0 Å². The lowest BCUT2D eigenvalue weighted by Gasteiger charge is -2.31. The lowest BCUT2D eigenvalue weighted by Crippen LogP contribution is -2.51. The molecule has 0 spiro atoms. The van der Waals surface area contributed by atoms with Crippen LogP contribution < -0.4 is 19.5 Å². The first-order valence-corrected chi connectivity index (χ1v) is 17.2. The fraction of sp³-hybridized carbons (Fsp3) is 0.594. The van der Waals surface area contributed by atoms with Crippen molar-refractivity contribution in [3.63, 3.8) is 0 Å². The fourth-order valence-electron chi connectivity index (χ4n) is 5.73. The zero-order valence-corrected chi connectivity index (χ0v) is 27.0. The first-order chi connectivity index (χ1) is 22.1. The van der Waals surface area contributed by atoms with E-state index in [4.69, 9.17) is 33.5 Å². The molecule has 5 unspecified atom stereocenters. The van der Waals surface area contributed by atoms with Crippen LogP contribution in [0, 0.1) is 11.8 Å². The van der Waals surface area contributed by atoms with Gasteiger partial charge in [0.2, 0.25) is 16.8 Å². The molecule has 3 aliphatic heterocycles. The second kappa shape index (κ2) is 15.6. The number of amides is 1. The summed E-state index contributed by atoms with van der Waals surface area (Å²) in [5.41, 5.74) is 0.787. The number of aliphatic hydroxyl groups is 2. The lowest BCUT2D eigenvalue weighted by atomic mass is 10.0. The SMILES string of the molecule is CC(C)CN(CC(O)C(Cc1ccc(OCCCCO)cc1)NC(=O)OC1COC2OCCC12)S(=O)(=O)c1ccc2c(c1)OCO2. The van der Waals surface area contributed by atoms with Crippen LogP contribution in [0.2, 0.25) is 0 Å². The maximum atomic E-state index is 13.9. The summed E-state index contributed by atoms with van der Waals surface area (Å²) in [4.78, 5) is 13.2. The lowest BCUT2D eigenvalue weighted by molar-refractivity contribution is -0.0907. The molecule has 14 heteroatoms. The molecule has 5 atom stereocenters. The molecule has 254 valence electrons. The van der Waals surface area contributed by atoms with Gasteiger partial charge in [0.15, 0.2) is 17.8 Å². The third-order valence-corrected chi connectivity index (χ3v) is 9.98. The molecule has 0 bridgehead atoms. The molecule has 0 radical (unpaired) electrons. The molecule has 5 rings (SSSR count). The van der Waals surface area contributed by atoms with Gasteiger partial charge in [0.25, 0.3) is 0 Å². The quantitative estimate of drug-likeness (QED) is 0.226. The minimum absolute atomic E-state index is 0.00886. The van der Waals surface area contributed by atoms with E-state index in [2.05, 4.69) is 5.32 Å². The number of nitrogens with zero attached hydrogens (tertiary/aromatic N) is 1. The van der Waals surface area contributed by atoms with Gasteiger partial charge in [-0.2, -0.15) is 4.31 Å². The molecule has 0 aromatic heterocycles. The topological polar surface area (TPSA) is 162 Å². The monoisotopic (exact) mass is 664 g/mol. The van der Waals surface area contributed by atoms with E-state index in [1.54, 1.807) is 18.2 Å². The van der Waals surface area contributed by atoms with Crippen LogP contribution in [0.1, 0.15) is 38.7 Å². The van der Waals surface area contributed by atoms with Crippen molar-refractivity contribution in [3.8, 4) is 17.2 Å². The van der Waals surface area contributed by atoms with E-state index in [0.29, 0.717) is 43.3 Å². The molecule has 2 aromatic rings. The van der Waals surface area contributed by atoms with Crippen molar-refractivity contribution in [1.82, 2.24) is 9.62 Å². The van der Waals surface area contributed by atoms with Crippen LogP contribution in [0.15, 0.2) is 47.4 Å². The molecule has 2 aromatic carbocycles. The number of hydrogen-bond acceptors (Lipinski definition) is 11. The Morgan fingerprint density at radius 3 is 2.61 bits per heavy atom. The Morgan fingerprint density at radius 1 is 1.07 bits per heavy atom. The number of carbonyl (C=O) groups is 1. The highest BCUT2D eigenvalue weighted by atomic mass is 32.2. The molecule has 0 saturated carbocycles. The largest absolute Gasteiger partial charge is 0.494 e. The van der Waals surface area contributed by atoms with Gasteiger partial charge in [-0.1, -0.05) is 26.0 Å². The van der Waals surface area contributed by atoms with E-state index >= 15 is 0 Å². The fourth-order valence-corrected chi connectivity index (χ4v) is 7.37. The summed E-state index contributed by atoms with van der Waals surface area (Å²) in [7, 11) is -4.06. The standard InChI is InChI=1S/C32H44N2O11S/c1-21(2)17-34(46(38,39)24-9-10-28-29(16-24)44-20-43-28)18-27(36)26(15-22-5-7-23(8-6-22)40-13-4-3-12-35)33-32(37)45-30-19-42-31-25(30)11-14-41-31/h5-10,16,21,25-27,30-31,35-36H,3-4,11-15,17-20H2,1-2H3,(H,33,37). The molecule has 3 N–H and O–H groups in total. The minimum atomic E-state index is -4.06. The molecule has 1 amide bonds. The number of ether oxygens (including phenoxy) is 6. The number of benzene rings is 2. The van der Waals surface area contributed by atoms with Crippen LogP contribution in [0.3, 0.4) is 0 Å². The Bertz CT molecular complexity index is 1410. The van der Waals surface area contributed by atoms with Crippen molar-refractivity contribution in [2.75, 3.05) is 46.3 Å². The van der Waals surface area contributed by atoms with E-state index in [9.17, 15) is 18.3 Å². The summed E-state index contributed by atoms with van der Waals surface area (Å²) in [6.07, 6.45) is -0.637. The summed E-state index contributed by atoms with van der Waals surface area (Å²) >= 11 is 0. The van der Waals surface area contributed by atoms with Crippen molar-refractivity contribution in [1.29, 1.82) is 0 Å². The van der Waals surface area contributed by atoms with Crippen molar-refractivity contribution < 1.29 is 51.8 Å². The minimum Gasteiger partial charge on any atom is -0.494 e. The molecule has 2 fully saturated rings. The summed E-state index contributed by atoms with van der Waals surface area (Å²) in [5, 5.41) is 23.4. The van der Waals surface area contributed by atoms with Crippen molar-refractivity contribution >= 4 is 16.1 Å². The number of fused-ring (bicyclic) bond motifs is 2. The molecule has 13 nitrogen and oxygen atoms in total. The highest BCUT2D eigenvalue weighted by Gasteiger charge is 2.44. The van der Waals surface area contributed by atoms with Gasteiger partial charge in [-0.3, -0.25) is 0 Å². The summed E-state index contributed by atoms with van der Waals surface area (Å²) < 4.78 is 62.2. The summed E-state index contributed by atoms with van der Waals surface area (Å²) in [5.74, 6) is 1.33. The normalized spacial score (nSPS) is 21.7. The number of aliphatic hydroxyl groups excluding tert-OH is 2. The first-order valence-electron chi connectivity index (χ1n) is 15.7. The number of carbonyl (C=O) groups excluding carboxylic acids is 1. The number of rotatable bonds is 16. The van der Waals surface area contributed by atoms with Crippen LogP contribution in [-0.4, -0.2) is 99.9 Å². The smallest absolute Gasteiger partial charge is 0.407 e. The highest BCUT2D eigenvalue weighted by molar-refractivity contribution is 7.89. The molecule has 2 saturated heterocycles. The van der Waals surface area contributed by atoms with Crippen LogP contribution in [0.5, 0.6) is 17.2 Å². The van der Waals surface area contributed by atoms with Gasteiger partial charge >= 0.3 is 6.09 Å². The second-order valence-electron chi connectivity index (χ2n) is 12.1. The number of hydrogen-bond donors (Lipinski definition) is 3. The van der Waals surface area contributed by atoms with E-state index in [1.807, 2.05) is 26.0 Å². The van der Waals surface area contributed by atoms with E-state index in [-0.39, 0.29) is 56.2 Å². The van der Waals surface area contributed by atoms with Gasteiger partial charge in [0.05, 0.1) is 42.8 Å². The average Bonchev–Trinajstić information content (AvgIpc) is 3.78. The van der Waals surface area contributed by atoms with Gasteiger partial charge in [-0.05, 0) is 61.4 Å². The maximum Gasteiger partial charge on any atom is 0.407 e. The maximum absolute atomic E-state index is 13.9. The zero-order valence-electron chi connectivity index (χ0n) is 26.2. The number of nitrogens with one attached hydrogen (secondary N) is 1. The predicted octanol–water partition coefficient (Wildman–Crippen LogP) is 2.67. The molecule has 3 heterocycles. The molecular formula is C32H44N2O11S. The average molecular weight is 665 g/mol. The third-order valence-electron chi connectivity index (χ3n) is 8.15. The van der Waals surface area contributed by atoms with Gasteiger partial charge in [-0.15, -0.1) is 0 Å². The second-order valence-corrected chi connectivity index (χ2v) is 14.1. The Morgan fingerprint density at radius 2 is 1.85 bits per heavy atom. The van der Waals surface area contributed by atoms with Crippen molar-refractivity contribution in [2.24, 2.45) is 11.8 Å². The van der Waals surface area contributed by atoms with Gasteiger partial charge in [0, 0.05) is 25.8 Å². The van der Waals surface area contributed by atoms with Gasteiger partial charge in [-0.25, -0.2) is 13.2 Å². The van der Waals surface area contributed by atoms with Crippen LogP contribution in [0.4, 0.5) is 4.79 Å². The van der Waals surface area contributed by atoms with Gasteiger partial charge in [0.1, 0.15) is 11.9 Å². The van der Waals surface area contributed by atoms with Gasteiger partial charge < -0.3 is 44.0 Å². The number of unbranched alkanes of at least 4 members (excludes halogenated alkanes) is 1. The molecule has 3 aliphatic rings. The molecule has 0 aliphatic carbocycles. The molecule has 46 heavy (non-hydrogen) atoms. The van der Waals surface area contributed by atoms with Crippen LogP contribution >= 0.6 is 0 Å².